The Hall–Kier alpha value is -1.73. The Morgan fingerprint density at radius 1 is 1.08 bits per heavy atom. The standard InChI is InChI=1S/C16H21F2N3O2.ClH/c17-11-4-3-5-12(18)15(11)16(6-1-2-7-16)10-21-14(23)9-20-13(22)8-19;/h3-5H,1-2,6-10,19H2,(H,20,22)(H,21,23);1H. The molecule has 2 amide bonds. The third-order valence-corrected chi connectivity index (χ3v) is 4.31. The summed E-state index contributed by atoms with van der Waals surface area (Å²) >= 11 is 0. The minimum Gasteiger partial charge on any atom is -0.354 e. The molecule has 0 saturated heterocycles. The van der Waals surface area contributed by atoms with Gasteiger partial charge in [0.1, 0.15) is 11.6 Å². The lowest BCUT2D eigenvalue weighted by molar-refractivity contribution is -0.125. The molecule has 4 N–H and O–H groups in total. The summed E-state index contributed by atoms with van der Waals surface area (Å²) < 4.78 is 28.3. The third-order valence-electron chi connectivity index (χ3n) is 4.31. The smallest absolute Gasteiger partial charge is 0.239 e. The lowest BCUT2D eigenvalue weighted by atomic mass is 9.78. The van der Waals surface area contributed by atoms with Crippen LogP contribution in [0.5, 0.6) is 0 Å². The SMILES string of the molecule is Cl.NCC(=O)NCC(=O)NCC1(c2c(F)cccc2F)CCCC1. The summed E-state index contributed by atoms with van der Waals surface area (Å²) in [5, 5.41) is 5.03. The van der Waals surface area contributed by atoms with Crippen molar-refractivity contribution in [1.29, 1.82) is 0 Å². The first-order chi connectivity index (χ1) is 11.0. The summed E-state index contributed by atoms with van der Waals surface area (Å²) in [4.78, 5) is 22.8. The third kappa shape index (κ3) is 4.64. The summed E-state index contributed by atoms with van der Waals surface area (Å²) in [5.74, 6) is -2.01. The molecule has 24 heavy (non-hydrogen) atoms. The van der Waals surface area contributed by atoms with Crippen molar-refractivity contribution in [3.8, 4) is 0 Å². The lowest BCUT2D eigenvalue weighted by Crippen LogP contribution is -2.45. The average molecular weight is 362 g/mol. The zero-order chi connectivity index (χ0) is 16.9. The molecule has 0 aromatic heterocycles. The van der Waals surface area contributed by atoms with Gasteiger partial charge in [-0.25, -0.2) is 8.78 Å². The molecule has 1 saturated carbocycles. The van der Waals surface area contributed by atoms with Gasteiger partial charge in [0.05, 0.1) is 13.1 Å². The highest BCUT2D eigenvalue weighted by Crippen LogP contribution is 2.42. The van der Waals surface area contributed by atoms with E-state index in [4.69, 9.17) is 5.73 Å². The molecular formula is C16H22ClF2N3O2. The van der Waals surface area contributed by atoms with Gasteiger partial charge in [0.25, 0.3) is 0 Å². The van der Waals surface area contributed by atoms with E-state index in [1.165, 1.54) is 18.2 Å². The molecule has 0 heterocycles. The van der Waals surface area contributed by atoms with Crippen molar-refractivity contribution in [1.82, 2.24) is 10.6 Å². The van der Waals surface area contributed by atoms with E-state index in [-0.39, 0.29) is 37.6 Å². The molecular weight excluding hydrogens is 340 g/mol. The van der Waals surface area contributed by atoms with E-state index in [0.29, 0.717) is 12.8 Å². The van der Waals surface area contributed by atoms with Gasteiger partial charge in [0.15, 0.2) is 0 Å². The van der Waals surface area contributed by atoms with Gasteiger partial charge < -0.3 is 16.4 Å². The van der Waals surface area contributed by atoms with Crippen molar-refractivity contribution in [2.24, 2.45) is 5.73 Å². The van der Waals surface area contributed by atoms with Crippen LogP contribution in [0.1, 0.15) is 31.2 Å². The van der Waals surface area contributed by atoms with Gasteiger partial charge in [0, 0.05) is 17.5 Å². The minimum atomic E-state index is -0.733. The molecule has 0 spiro atoms. The summed E-state index contributed by atoms with van der Waals surface area (Å²) in [5.41, 5.74) is 4.45. The van der Waals surface area contributed by atoms with Crippen molar-refractivity contribution in [2.75, 3.05) is 19.6 Å². The van der Waals surface area contributed by atoms with Crippen molar-refractivity contribution in [3.63, 3.8) is 0 Å². The van der Waals surface area contributed by atoms with Crippen LogP contribution >= 0.6 is 12.4 Å². The topological polar surface area (TPSA) is 84.2 Å². The van der Waals surface area contributed by atoms with Crippen molar-refractivity contribution in [2.45, 2.75) is 31.1 Å². The predicted octanol–water partition coefficient (Wildman–Crippen LogP) is 1.39. The second kappa shape index (κ2) is 8.94. The second-order valence-corrected chi connectivity index (χ2v) is 5.84. The van der Waals surface area contributed by atoms with Crippen molar-refractivity contribution >= 4 is 24.2 Å². The van der Waals surface area contributed by atoms with Gasteiger partial charge in [-0.3, -0.25) is 9.59 Å². The quantitative estimate of drug-likeness (QED) is 0.716. The molecule has 2 rings (SSSR count). The van der Waals surface area contributed by atoms with Crippen LogP contribution in [0.3, 0.4) is 0 Å². The molecule has 1 fully saturated rings. The van der Waals surface area contributed by atoms with E-state index in [1.807, 2.05) is 0 Å². The molecule has 1 aromatic carbocycles. The van der Waals surface area contributed by atoms with Gasteiger partial charge in [-0.15, -0.1) is 12.4 Å². The summed E-state index contributed by atoms with van der Waals surface area (Å²) in [6.45, 7) is -0.258. The fraction of sp³-hybridized carbons (Fsp3) is 0.500. The van der Waals surface area contributed by atoms with Crippen molar-refractivity contribution in [3.05, 3.63) is 35.4 Å². The first-order valence-electron chi connectivity index (χ1n) is 7.66. The molecule has 5 nitrogen and oxygen atoms in total. The van der Waals surface area contributed by atoms with Gasteiger partial charge >= 0.3 is 0 Å². The Morgan fingerprint density at radius 3 is 2.21 bits per heavy atom. The maximum Gasteiger partial charge on any atom is 0.239 e. The maximum atomic E-state index is 14.1. The van der Waals surface area contributed by atoms with Crippen LogP contribution in [0.25, 0.3) is 0 Å². The largest absolute Gasteiger partial charge is 0.354 e. The highest BCUT2D eigenvalue weighted by atomic mass is 35.5. The number of benzene rings is 1. The Balaban J connectivity index is 0.00000288. The molecule has 0 aliphatic heterocycles. The van der Waals surface area contributed by atoms with Gasteiger partial charge in [0.2, 0.25) is 11.8 Å². The summed E-state index contributed by atoms with van der Waals surface area (Å²) in [6, 6.07) is 3.81. The number of carbonyl (C=O) groups excluding carboxylic acids is 2. The summed E-state index contributed by atoms with van der Waals surface area (Å²) in [6.07, 6.45) is 2.93. The van der Waals surface area contributed by atoms with Crippen LogP contribution in [0.4, 0.5) is 8.78 Å². The van der Waals surface area contributed by atoms with Gasteiger partial charge in [-0.05, 0) is 25.0 Å². The molecule has 0 bridgehead atoms. The lowest BCUT2D eigenvalue weighted by Gasteiger charge is -2.30. The number of nitrogens with one attached hydrogen (secondary N) is 2. The fourth-order valence-corrected chi connectivity index (χ4v) is 3.15. The Bertz CT molecular complexity index is 572. The normalized spacial score (nSPS) is 15.5. The molecule has 1 aliphatic carbocycles. The van der Waals surface area contributed by atoms with E-state index in [0.717, 1.165) is 12.8 Å². The Morgan fingerprint density at radius 2 is 1.67 bits per heavy atom. The molecule has 1 aliphatic rings. The van der Waals surface area contributed by atoms with Crippen molar-refractivity contribution < 1.29 is 18.4 Å². The maximum absolute atomic E-state index is 14.1. The van der Waals surface area contributed by atoms with Gasteiger partial charge in [-0.2, -0.15) is 0 Å². The molecule has 0 unspecified atom stereocenters. The minimum absolute atomic E-state index is 0. The Kier molecular flexibility index (Phi) is 7.57. The van der Waals surface area contributed by atoms with Crippen LogP contribution < -0.4 is 16.4 Å². The number of amides is 2. The van der Waals surface area contributed by atoms with Crippen LogP contribution in [-0.4, -0.2) is 31.4 Å². The van der Waals surface area contributed by atoms with Crippen LogP contribution in [0.15, 0.2) is 18.2 Å². The summed E-state index contributed by atoms with van der Waals surface area (Å²) in [7, 11) is 0. The van der Waals surface area contributed by atoms with E-state index in [2.05, 4.69) is 10.6 Å². The van der Waals surface area contributed by atoms with Crippen LogP contribution in [-0.2, 0) is 15.0 Å². The second-order valence-electron chi connectivity index (χ2n) is 5.84. The zero-order valence-electron chi connectivity index (χ0n) is 13.2. The van der Waals surface area contributed by atoms with Crippen LogP contribution in [0.2, 0.25) is 0 Å². The number of carbonyl (C=O) groups is 2. The van der Waals surface area contributed by atoms with E-state index < -0.39 is 28.9 Å². The molecule has 1 aromatic rings. The van der Waals surface area contributed by atoms with E-state index in [1.54, 1.807) is 0 Å². The highest BCUT2D eigenvalue weighted by molar-refractivity contribution is 5.85. The molecule has 0 radical (unpaired) electrons. The number of halogens is 3. The number of hydrogen-bond acceptors (Lipinski definition) is 3. The predicted molar refractivity (Wildman–Crippen MR) is 88.8 cm³/mol. The monoisotopic (exact) mass is 361 g/mol. The number of nitrogens with two attached hydrogens (primary N) is 1. The number of hydrogen-bond donors (Lipinski definition) is 3. The molecule has 134 valence electrons. The van der Waals surface area contributed by atoms with Gasteiger partial charge in [-0.1, -0.05) is 18.9 Å². The highest BCUT2D eigenvalue weighted by Gasteiger charge is 2.40. The number of rotatable bonds is 6. The first kappa shape index (κ1) is 20.3. The van der Waals surface area contributed by atoms with E-state index >= 15 is 0 Å². The molecule has 0 atom stereocenters. The van der Waals surface area contributed by atoms with E-state index in [9.17, 15) is 18.4 Å². The average Bonchev–Trinajstić information content (AvgIpc) is 3.00. The molecule has 8 heteroatoms. The Labute approximate surface area is 145 Å². The van der Waals surface area contributed by atoms with Crippen LogP contribution in [0, 0.1) is 11.6 Å². The fourth-order valence-electron chi connectivity index (χ4n) is 3.15. The zero-order valence-corrected chi connectivity index (χ0v) is 14.1. The first-order valence-corrected chi connectivity index (χ1v) is 7.66.